The van der Waals surface area contributed by atoms with Gasteiger partial charge in [-0.2, -0.15) is 0 Å². The molecule has 110 valence electrons. The average Bonchev–Trinajstić information content (AvgIpc) is 2.36. The highest BCUT2D eigenvalue weighted by Crippen LogP contribution is 2.25. The highest BCUT2D eigenvalue weighted by atomic mass is 79.9. The molecule has 2 N–H and O–H groups in total. The maximum atomic E-state index is 12.1. The van der Waals surface area contributed by atoms with Gasteiger partial charge in [0, 0.05) is 17.2 Å². The van der Waals surface area contributed by atoms with Crippen LogP contribution in [0.15, 0.2) is 16.6 Å². The predicted octanol–water partition coefficient (Wildman–Crippen LogP) is 3.39. The largest absolute Gasteiger partial charge is 0.480 e. The SMILES string of the molecule is CCC(C(=O)O)N(C)C(=O)Nc1cc(C)c(Br)c(C)c1. The summed E-state index contributed by atoms with van der Waals surface area (Å²) >= 11 is 3.46. The van der Waals surface area contributed by atoms with Gasteiger partial charge >= 0.3 is 12.0 Å². The second-order valence-electron chi connectivity index (χ2n) is 4.73. The summed E-state index contributed by atoms with van der Waals surface area (Å²) in [5.41, 5.74) is 2.67. The summed E-state index contributed by atoms with van der Waals surface area (Å²) in [4.78, 5) is 24.3. The maximum Gasteiger partial charge on any atom is 0.326 e. The molecule has 1 aromatic carbocycles. The Balaban J connectivity index is 2.88. The van der Waals surface area contributed by atoms with E-state index in [0.717, 1.165) is 15.6 Å². The Bertz CT molecular complexity index is 508. The molecule has 0 aliphatic rings. The number of aliphatic carboxylic acids is 1. The first kappa shape index (κ1) is 16.5. The van der Waals surface area contributed by atoms with E-state index in [0.29, 0.717) is 12.1 Å². The molecule has 1 unspecified atom stereocenters. The summed E-state index contributed by atoms with van der Waals surface area (Å²) in [6.07, 6.45) is 0.359. The van der Waals surface area contributed by atoms with Crippen LogP contribution in [-0.2, 0) is 4.79 Å². The third-order valence-electron chi connectivity index (χ3n) is 3.15. The molecule has 1 rings (SSSR count). The molecular weight excluding hydrogens is 324 g/mol. The quantitative estimate of drug-likeness (QED) is 0.880. The minimum absolute atomic E-state index is 0.359. The summed E-state index contributed by atoms with van der Waals surface area (Å²) in [5, 5.41) is 11.8. The molecule has 0 aliphatic carbocycles. The number of rotatable bonds is 4. The maximum absolute atomic E-state index is 12.1. The van der Waals surface area contributed by atoms with Crippen molar-refractivity contribution in [2.75, 3.05) is 12.4 Å². The van der Waals surface area contributed by atoms with Gasteiger partial charge < -0.3 is 15.3 Å². The van der Waals surface area contributed by atoms with E-state index in [9.17, 15) is 9.59 Å². The van der Waals surface area contributed by atoms with Crippen LogP contribution >= 0.6 is 15.9 Å². The van der Waals surface area contributed by atoms with Gasteiger partial charge in [-0.25, -0.2) is 9.59 Å². The molecule has 0 bridgehead atoms. The lowest BCUT2D eigenvalue weighted by atomic mass is 10.1. The normalized spacial score (nSPS) is 11.8. The fourth-order valence-electron chi connectivity index (χ4n) is 1.99. The van der Waals surface area contributed by atoms with Crippen molar-refractivity contribution in [2.24, 2.45) is 0 Å². The summed E-state index contributed by atoms with van der Waals surface area (Å²) in [6, 6.07) is 2.42. The van der Waals surface area contributed by atoms with E-state index < -0.39 is 18.0 Å². The highest BCUT2D eigenvalue weighted by molar-refractivity contribution is 9.10. The smallest absolute Gasteiger partial charge is 0.326 e. The minimum atomic E-state index is -1.01. The van der Waals surface area contributed by atoms with Crippen LogP contribution in [0.2, 0.25) is 0 Å². The van der Waals surface area contributed by atoms with Gasteiger partial charge in [-0.3, -0.25) is 0 Å². The molecular formula is C14H19BrN2O3. The number of halogens is 1. The first-order valence-corrected chi connectivity index (χ1v) is 7.10. The second-order valence-corrected chi connectivity index (χ2v) is 5.52. The fraction of sp³-hybridized carbons (Fsp3) is 0.429. The number of urea groups is 1. The summed E-state index contributed by atoms with van der Waals surface area (Å²) in [6.45, 7) is 5.60. The number of hydrogen-bond acceptors (Lipinski definition) is 2. The van der Waals surface area contributed by atoms with E-state index in [1.807, 2.05) is 26.0 Å². The number of carboxylic acids is 1. The number of anilines is 1. The molecule has 2 amide bonds. The molecule has 0 heterocycles. The van der Waals surface area contributed by atoms with Gasteiger partial charge in [-0.1, -0.05) is 22.9 Å². The first-order chi connectivity index (χ1) is 9.27. The van der Waals surface area contributed by atoms with Crippen LogP contribution in [0.25, 0.3) is 0 Å². The molecule has 0 fully saturated rings. The zero-order chi connectivity index (χ0) is 15.4. The van der Waals surface area contributed by atoms with Crippen LogP contribution in [0.3, 0.4) is 0 Å². The predicted molar refractivity (Wildman–Crippen MR) is 82.1 cm³/mol. The van der Waals surface area contributed by atoms with Crippen LogP contribution in [0.1, 0.15) is 24.5 Å². The Morgan fingerprint density at radius 3 is 2.25 bits per heavy atom. The molecule has 0 aromatic heterocycles. The van der Waals surface area contributed by atoms with Crippen molar-refractivity contribution in [3.05, 3.63) is 27.7 Å². The fourth-order valence-corrected chi connectivity index (χ4v) is 2.21. The van der Waals surface area contributed by atoms with Crippen molar-refractivity contribution < 1.29 is 14.7 Å². The summed E-state index contributed by atoms with van der Waals surface area (Å²) in [7, 11) is 1.48. The van der Waals surface area contributed by atoms with Crippen molar-refractivity contribution >= 4 is 33.6 Å². The molecule has 0 saturated carbocycles. The van der Waals surface area contributed by atoms with Crippen LogP contribution < -0.4 is 5.32 Å². The molecule has 1 aromatic rings. The van der Waals surface area contributed by atoms with Gasteiger partial charge in [-0.05, 0) is 43.5 Å². The average molecular weight is 343 g/mol. The van der Waals surface area contributed by atoms with Gasteiger partial charge in [0.1, 0.15) is 6.04 Å². The minimum Gasteiger partial charge on any atom is -0.480 e. The Kier molecular flexibility index (Phi) is 5.56. The third-order valence-corrected chi connectivity index (χ3v) is 4.40. The molecule has 5 nitrogen and oxygen atoms in total. The standard InChI is InChI=1S/C14H19BrN2O3/c1-5-11(13(18)19)17(4)14(20)16-10-6-8(2)12(15)9(3)7-10/h6-7,11H,5H2,1-4H3,(H,16,20)(H,18,19). The zero-order valence-electron chi connectivity index (χ0n) is 12.0. The van der Waals surface area contributed by atoms with E-state index in [-0.39, 0.29) is 0 Å². The molecule has 0 radical (unpaired) electrons. The van der Waals surface area contributed by atoms with E-state index in [2.05, 4.69) is 21.2 Å². The Morgan fingerprint density at radius 1 is 1.35 bits per heavy atom. The van der Waals surface area contributed by atoms with E-state index in [1.165, 1.54) is 11.9 Å². The number of nitrogens with one attached hydrogen (secondary N) is 1. The van der Waals surface area contributed by atoms with Gasteiger partial charge in [0.05, 0.1) is 0 Å². The number of nitrogens with zero attached hydrogens (tertiary/aromatic N) is 1. The second kappa shape index (κ2) is 6.74. The lowest BCUT2D eigenvalue weighted by Gasteiger charge is -2.24. The number of amides is 2. The Morgan fingerprint density at radius 2 is 1.85 bits per heavy atom. The van der Waals surface area contributed by atoms with E-state index >= 15 is 0 Å². The number of carbonyl (C=O) groups excluding carboxylic acids is 1. The topological polar surface area (TPSA) is 69.6 Å². The number of likely N-dealkylation sites (N-methyl/N-ethyl adjacent to an activating group) is 1. The van der Waals surface area contributed by atoms with Gasteiger partial charge in [-0.15, -0.1) is 0 Å². The van der Waals surface area contributed by atoms with Gasteiger partial charge in [0.2, 0.25) is 0 Å². The number of aryl methyl sites for hydroxylation is 2. The van der Waals surface area contributed by atoms with Crippen molar-refractivity contribution in [3.8, 4) is 0 Å². The van der Waals surface area contributed by atoms with Crippen LogP contribution in [0, 0.1) is 13.8 Å². The van der Waals surface area contributed by atoms with Crippen molar-refractivity contribution in [1.82, 2.24) is 4.90 Å². The van der Waals surface area contributed by atoms with Crippen molar-refractivity contribution in [3.63, 3.8) is 0 Å². The van der Waals surface area contributed by atoms with Crippen LogP contribution in [-0.4, -0.2) is 35.1 Å². The highest BCUT2D eigenvalue weighted by Gasteiger charge is 2.24. The molecule has 1 atom stereocenters. The molecule has 0 spiro atoms. The number of benzene rings is 1. The zero-order valence-corrected chi connectivity index (χ0v) is 13.6. The Hall–Kier alpha value is -1.56. The Labute approximate surface area is 127 Å². The van der Waals surface area contributed by atoms with Crippen molar-refractivity contribution in [2.45, 2.75) is 33.2 Å². The number of carboxylic acid groups (broad SMARTS) is 1. The first-order valence-electron chi connectivity index (χ1n) is 6.31. The van der Waals surface area contributed by atoms with Crippen molar-refractivity contribution in [1.29, 1.82) is 0 Å². The third kappa shape index (κ3) is 3.72. The molecule has 20 heavy (non-hydrogen) atoms. The monoisotopic (exact) mass is 342 g/mol. The summed E-state index contributed by atoms with van der Waals surface area (Å²) in [5.74, 6) is -1.01. The number of carbonyl (C=O) groups is 2. The van der Waals surface area contributed by atoms with E-state index in [4.69, 9.17) is 5.11 Å². The van der Waals surface area contributed by atoms with Crippen LogP contribution in [0.5, 0.6) is 0 Å². The number of hydrogen-bond donors (Lipinski definition) is 2. The lowest BCUT2D eigenvalue weighted by molar-refractivity contribution is -0.141. The molecule has 0 aliphatic heterocycles. The van der Waals surface area contributed by atoms with Gasteiger partial charge in [0.25, 0.3) is 0 Å². The molecule has 0 saturated heterocycles. The van der Waals surface area contributed by atoms with E-state index in [1.54, 1.807) is 6.92 Å². The van der Waals surface area contributed by atoms with Gasteiger partial charge in [0.15, 0.2) is 0 Å². The van der Waals surface area contributed by atoms with Crippen LogP contribution in [0.4, 0.5) is 10.5 Å². The molecule has 6 heteroatoms. The lowest BCUT2D eigenvalue weighted by Crippen LogP contribution is -2.44. The summed E-state index contributed by atoms with van der Waals surface area (Å²) < 4.78 is 1.00.